The van der Waals surface area contributed by atoms with Gasteiger partial charge in [0.15, 0.2) is 11.3 Å². The molecule has 1 N–H and O–H groups in total. The molecule has 106 valence electrons. The van der Waals surface area contributed by atoms with Gasteiger partial charge in [-0.3, -0.25) is 4.79 Å². The Balaban J connectivity index is 1.87. The van der Waals surface area contributed by atoms with E-state index in [1.807, 2.05) is 51.1 Å². The van der Waals surface area contributed by atoms with E-state index in [1.54, 1.807) is 6.07 Å². The lowest BCUT2D eigenvalue weighted by atomic mass is 10.1. The Labute approximate surface area is 122 Å². The fourth-order valence-electron chi connectivity index (χ4n) is 2.15. The van der Waals surface area contributed by atoms with E-state index in [4.69, 9.17) is 4.42 Å². The van der Waals surface area contributed by atoms with Gasteiger partial charge in [-0.05, 0) is 56.2 Å². The van der Waals surface area contributed by atoms with Crippen LogP contribution in [-0.4, -0.2) is 10.9 Å². The first kappa shape index (κ1) is 13.4. The van der Waals surface area contributed by atoms with Crippen molar-refractivity contribution in [2.45, 2.75) is 20.8 Å². The van der Waals surface area contributed by atoms with Crippen LogP contribution in [0.1, 0.15) is 27.4 Å². The van der Waals surface area contributed by atoms with Crippen LogP contribution in [-0.2, 0) is 0 Å². The van der Waals surface area contributed by atoms with Gasteiger partial charge >= 0.3 is 0 Å². The molecule has 4 heteroatoms. The molecule has 21 heavy (non-hydrogen) atoms. The number of nitrogens with zero attached hydrogens (tertiary/aromatic N) is 1. The summed E-state index contributed by atoms with van der Waals surface area (Å²) in [5.74, 6) is -0.00441. The molecule has 0 saturated heterocycles. The smallest absolute Gasteiger partial charge is 0.291 e. The molecule has 0 aliphatic rings. The van der Waals surface area contributed by atoms with Crippen LogP contribution in [0.5, 0.6) is 0 Å². The molecule has 0 bridgehead atoms. The summed E-state index contributed by atoms with van der Waals surface area (Å²) < 4.78 is 5.54. The number of furan rings is 1. The van der Waals surface area contributed by atoms with Gasteiger partial charge in [0, 0.05) is 17.4 Å². The minimum absolute atomic E-state index is 0.265. The molecule has 0 atom stereocenters. The van der Waals surface area contributed by atoms with Gasteiger partial charge in [-0.1, -0.05) is 6.07 Å². The number of pyridine rings is 1. The van der Waals surface area contributed by atoms with Crippen LogP contribution < -0.4 is 5.32 Å². The fourth-order valence-corrected chi connectivity index (χ4v) is 2.15. The number of hydrogen-bond donors (Lipinski definition) is 1. The third-order valence-electron chi connectivity index (χ3n) is 3.50. The van der Waals surface area contributed by atoms with E-state index in [-0.39, 0.29) is 11.7 Å². The Morgan fingerprint density at radius 3 is 2.62 bits per heavy atom. The predicted molar refractivity (Wildman–Crippen MR) is 82.6 cm³/mol. The highest BCUT2D eigenvalue weighted by molar-refractivity contribution is 6.04. The van der Waals surface area contributed by atoms with Gasteiger partial charge in [-0.15, -0.1) is 0 Å². The topological polar surface area (TPSA) is 55.1 Å². The lowest BCUT2D eigenvalue weighted by Gasteiger charge is -2.06. The molecule has 4 nitrogen and oxygen atoms in total. The quantitative estimate of drug-likeness (QED) is 0.771. The number of benzene rings is 1. The Hall–Kier alpha value is -2.62. The van der Waals surface area contributed by atoms with Gasteiger partial charge in [0.1, 0.15) is 5.52 Å². The predicted octanol–water partition coefficient (Wildman–Crippen LogP) is 4.01. The van der Waals surface area contributed by atoms with Gasteiger partial charge < -0.3 is 9.73 Å². The maximum absolute atomic E-state index is 12.2. The zero-order valence-electron chi connectivity index (χ0n) is 12.2. The molecule has 0 fully saturated rings. The van der Waals surface area contributed by atoms with Crippen LogP contribution in [0.4, 0.5) is 5.69 Å². The van der Waals surface area contributed by atoms with E-state index < -0.39 is 0 Å². The molecule has 2 heterocycles. The third-order valence-corrected chi connectivity index (χ3v) is 3.50. The van der Waals surface area contributed by atoms with Crippen LogP contribution in [0.3, 0.4) is 0 Å². The summed E-state index contributed by atoms with van der Waals surface area (Å²) in [5.41, 5.74) is 5.29. The van der Waals surface area contributed by atoms with Crippen molar-refractivity contribution in [1.82, 2.24) is 4.98 Å². The van der Waals surface area contributed by atoms with Gasteiger partial charge in [-0.2, -0.15) is 0 Å². The van der Waals surface area contributed by atoms with Crippen molar-refractivity contribution >= 4 is 22.7 Å². The molecule has 0 unspecified atom stereocenters. The number of rotatable bonds is 2. The first-order valence-corrected chi connectivity index (χ1v) is 6.79. The summed E-state index contributed by atoms with van der Waals surface area (Å²) in [6.07, 6.45) is 0. The third kappa shape index (κ3) is 2.65. The zero-order valence-corrected chi connectivity index (χ0v) is 12.2. The number of fused-ring (bicyclic) bond motifs is 1. The number of aromatic nitrogens is 1. The van der Waals surface area contributed by atoms with Crippen molar-refractivity contribution in [3.8, 4) is 0 Å². The molecule has 3 rings (SSSR count). The number of aryl methyl sites for hydroxylation is 3. The summed E-state index contributed by atoms with van der Waals surface area (Å²) in [5, 5.41) is 2.84. The van der Waals surface area contributed by atoms with Crippen LogP contribution in [0.2, 0.25) is 0 Å². The molecule has 0 radical (unpaired) electrons. The summed E-state index contributed by atoms with van der Waals surface area (Å²) in [4.78, 5) is 16.6. The molecule has 0 saturated carbocycles. The fraction of sp³-hybridized carbons (Fsp3) is 0.176. The van der Waals surface area contributed by atoms with E-state index in [9.17, 15) is 4.79 Å². The van der Waals surface area contributed by atoms with Gasteiger partial charge in [-0.25, -0.2) is 4.98 Å². The number of hydrogen-bond acceptors (Lipinski definition) is 3. The van der Waals surface area contributed by atoms with Gasteiger partial charge in [0.25, 0.3) is 5.91 Å². The number of carbonyl (C=O) groups is 1. The van der Waals surface area contributed by atoms with E-state index >= 15 is 0 Å². The number of carbonyl (C=O) groups excluding carboxylic acids is 1. The number of nitrogens with one attached hydrogen (secondary N) is 1. The molecular weight excluding hydrogens is 264 g/mol. The Kier molecular flexibility index (Phi) is 3.22. The summed E-state index contributed by atoms with van der Waals surface area (Å²) in [6, 6.07) is 11.2. The Bertz CT molecular complexity index is 834. The first-order valence-electron chi connectivity index (χ1n) is 6.79. The Morgan fingerprint density at radius 2 is 1.86 bits per heavy atom. The zero-order chi connectivity index (χ0) is 15.0. The maximum Gasteiger partial charge on any atom is 0.291 e. The largest absolute Gasteiger partial charge is 0.449 e. The highest BCUT2D eigenvalue weighted by Gasteiger charge is 2.13. The second kappa shape index (κ2) is 5.05. The lowest BCUT2D eigenvalue weighted by molar-refractivity contribution is 0.0998. The average Bonchev–Trinajstić information content (AvgIpc) is 2.86. The van der Waals surface area contributed by atoms with Crippen molar-refractivity contribution in [3.05, 3.63) is 59.0 Å². The highest BCUT2D eigenvalue weighted by atomic mass is 16.3. The second-order valence-corrected chi connectivity index (χ2v) is 5.20. The molecule has 0 aliphatic carbocycles. The van der Waals surface area contributed by atoms with Gasteiger partial charge in [0.05, 0.1) is 0 Å². The minimum atomic E-state index is -0.270. The van der Waals surface area contributed by atoms with Crippen LogP contribution in [0.25, 0.3) is 11.1 Å². The molecule has 1 aromatic carbocycles. The standard InChI is InChI=1S/C17H16N2O2/c1-10-4-6-13(8-11(10)2)19-17(20)16-9-14-15(21-16)7-5-12(3)18-14/h4-9H,1-3H3,(H,19,20). The molecule has 0 spiro atoms. The maximum atomic E-state index is 12.2. The van der Waals surface area contributed by atoms with E-state index in [0.29, 0.717) is 11.1 Å². The second-order valence-electron chi connectivity index (χ2n) is 5.20. The molecule has 1 amide bonds. The Morgan fingerprint density at radius 1 is 1.05 bits per heavy atom. The van der Waals surface area contributed by atoms with Gasteiger partial charge in [0.2, 0.25) is 0 Å². The monoisotopic (exact) mass is 280 g/mol. The van der Waals surface area contributed by atoms with Crippen molar-refractivity contribution in [2.24, 2.45) is 0 Å². The van der Waals surface area contributed by atoms with Crippen molar-refractivity contribution < 1.29 is 9.21 Å². The molecule has 0 aliphatic heterocycles. The minimum Gasteiger partial charge on any atom is -0.449 e. The molecule has 2 aromatic heterocycles. The van der Waals surface area contributed by atoms with E-state index in [0.717, 1.165) is 16.9 Å². The number of anilines is 1. The van der Waals surface area contributed by atoms with Crippen LogP contribution in [0, 0.1) is 20.8 Å². The van der Waals surface area contributed by atoms with Crippen molar-refractivity contribution in [1.29, 1.82) is 0 Å². The first-order chi connectivity index (χ1) is 10.0. The normalized spacial score (nSPS) is 10.8. The SMILES string of the molecule is Cc1ccc2oc(C(=O)Nc3ccc(C)c(C)c3)cc2n1. The summed E-state index contributed by atoms with van der Waals surface area (Å²) >= 11 is 0. The van der Waals surface area contributed by atoms with Crippen molar-refractivity contribution in [2.75, 3.05) is 5.32 Å². The highest BCUT2D eigenvalue weighted by Crippen LogP contribution is 2.20. The number of amides is 1. The summed E-state index contributed by atoms with van der Waals surface area (Å²) in [7, 11) is 0. The van der Waals surface area contributed by atoms with E-state index in [1.165, 1.54) is 5.56 Å². The molecule has 3 aromatic rings. The molecular formula is C17H16N2O2. The van der Waals surface area contributed by atoms with Crippen LogP contribution >= 0.6 is 0 Å². The van der Waals surface area contributed by atoms with Crippen molar-refractivity contribution in [3.63, 3.8) is 0 Å². The lowest BCUT2D eigenvalue weighted by Crippen LogP contribution is -2.10. The van der Waals surface area contributed by atoms with Crippen LogP contribution in [0.15, 0.2) is 40.8 Å². The average molecular weight is 280 g/mol. The summed E-state index contributed by atoms with van der Waals surface area (Å²) in [6.45, 7) is 5.95. The van der Waals surface area contributed by atoms with E-state index in [2.05, 4.69) is 10.3 Å².